The van der Waals surface area contributed by atoms with Gasteiger partial charge in [-0.1, -0.05) is 13.3 Å². The minimum atomic E-state index is 0.501. The number of rotatable bonds is 9. The summed E-state index contributed by atoms with van der Waals surface area (Å²) in [5.74, 6) is 1.71. The van der Waals surface area contributed by atoms with Gasteiger partial charge in [0, 0.05) is 53.4 Å². The van der Waals surface area contributed by atoms with Crippen LogP contribution in [0.25, 0.3) is 5.57 Å². The molecule has 0 atom stereocenters. The monoisotopic (exact) mass is 349 g/mol. The number of hydrogen-bond acceptors (Lipinski definition) is 5. The molecule has 1 fully saturated rings. The van der Waals surface area contributed by atoms with Crippen LogP contribution in [0.3, 0.4) is 0 Å². The smallest absolute Gasteiger partial charge is 0.125 e. The van der Waals surface area contributed by atoms with Crippen LogP contribution >= 0.6 is 0 Å². The molecule has 0 amide bonds. The highest BCUT2D eigenvalue weighted by molar-refractivity contribution is 6.21. The number of hydrogen-bond donors (Lipinski definition) is 3. The molecule has 5 nitrogen and oxygen atoms in total. The quantitative estimate of drug-likeness (QED) is 0.572. The lowest BCUT2D eigenvalue weighted by molar-refractivity contribution is 0.883. The van der Waals surface area contributed by atoms with Crippen LogP contribution in [0.2, 0.25) is 0 Å². The number of aryl methyl sites for hydroxylation is 1. The van der Waals surface area contributed by atoms with Crippen molar-refractivity contribution in [2.45, 2.75) is 39.5 Å². The summed E-state index contributed by atoms with van der Waals surface area (Å²) in [6.45, 7) is 4.94. The Morgan fingerprint density at radius 1 is 1.27 bits per heavy atom. The van der Waals surface area contributed by atoms with Crippen molar-refractivity contribution in [1.29, 1.82) is 5.41 Å². The predicted molar refractivity (Wildman–Crippen MR) is 109 cm³/mol. The summed E-state index contributed by atoms with van der Waals surface area (Å²) in [6.07, 6.45) is 10.2. The Bertz CT molecular complexity index is 775. The Balaban J connectivity index is 1.70. The molecule has 2 aromatic heterocycles. The van der Waals surface area contributed by atoms with Crippen LogP contribution < -0.4 is 10.6 Å². The molecule has 2 aromatic rings. The Kier molecular flexibility index (Phi) is 6.00. The van der Waals surface area contributed by atoms with Crippen LogP contribution in [0.1, 0.15) is 44.4 Å². The van der Waals surface area contributed by atoms with Gasteiger partial charge < -0.3 is 16.0 Å². The molecule has 0 unspecified atom stereocenters. The Morgan fingerprint density at radius 3 is 2.77 bits per heavy atom. The second-order valence-electron chi connectivity index (χ2n) is 6.87. The van der Waals surface area contributed by atoms with Crippen molar-refractivity contribution in [3.8, 4) is 0 Å². The summed E-state index contributed by atoms with van der Waals surface area (Å²) >= 11 is 0. The maximum atomic E-state index is 8.10. The SMILES string of the molecule is CCCc1cc(N/C=C(\C(C)=N)c2ccc(NCC3CC3)nc2)ccn1. The first-order valence-electron chi connectivity index (χ1n) is 9.33. The second-order valence-corrected chi connectivity index (χ2v) is 6.87. The molecule has 0 bridgehead atoms. The van der Waals surface area contributed by atoms with Crippen LogP contribution in [0, 0.1) is 11.3 Å². The van der Waals surface area contributed by atoms with E-state index in [9.17, 15) is 0 Å². The average Bonchev–Trinajstić information content (AvgIpc) is 3.46. The summed E-state index contributed by atoms with van der Waals surface area (Å²) in [4.78, 5) is 8.86. The molecule has 3 N–H and O–H groups in total. The van der Waals surface area contributed by atoms with Gasteiger partial charge in [-0.05, 0) is 56.4 Å². The fraction of sp³-hybridized carbons (Fsp3) is 0.381. The van der Waals surface area contributed by atoms with Gasteiger partial charge in [0.1, 0.15) is 5.82 Å². The maximum Gasteiger partial charge on any atom is 0.125 e. The highest BCUT2D eigenvalue weighted by Gasteiger charge is 2.20. The minimum absolute atomic E-state index is 0.501. The zero-order valence-electron chi connectivity index (χ0n) is 15.5. The largest absolute Gasteiger partial charge is 0.370 e. The zero-order valence-corrected chi connectivity index (χ0v) is 15.5. The van der Waals surface area contributed by atoms with E-state index >= 15 is 0 Å². The van der Waals surface area contributed by atoms with Crippen LogP contribution in [0.15, 0.2) is 42.9 Å². The lowest BCUT2D eigenvalue weighted by Gasteiger charge is -2.10. The van der Waals surface area contributed by atoms with Crippen molar-refractivity contribution in [2.24, 2.45) is 5.92 Å². The van der Waals surface area contributed by atoms with Gasteiger partial charge in [0.2, 0.25) is 0 Å². The Morgan fingerprint density at radius 2 is 2.12 bits per heavy atom. The Hall–Kier alpha value is -2.69. The van der Waals surface area contributed by atoms with E-state index < -0.39 is 0 Å². The maximum absolute atomic E-state index is 8.10. The van der Waals surface area contributed by atoms with Gasteiger partial charge in [-0.25, -0.2) is 4.98 Å². The standard InChI is InChI=1S/C21H27N5/c1-3-4-18-11-19(9-10-23-18)24-14-20(15(2)22)17-7-8-21(26-13-17)25-12-16-5-6-16/h7-11,13-14,16,22H,3-6,12H2,1-2H3,(H,23,24)(H,25,26)/b20-14+,22-15?. The van der Waals surface area contributed by atoms with Crippen LogP contribution in [0.5, 0.6) is 0 Å². The molecule has 5 heteroatoms. The fourth-order valence-corrected chi connectivity index (χ4v) is 2.75. The van der Waals surface area contributed by atoms with Gasteiger partial charge in [-0.2, -0.15) is 0 Å². The van der Waals surface area contributed by atoms with Crippen molar-refractivity contribution < 1.29 is 0 Å². The molecule has 1 saturated carbocycles. The van der Waals surface area contributed by atoms with Crippen LogP contribution in [0.4, 0.5) is 11.5 Å². The molecule has 0 saturated heterocycles. The molecular weight excluding hydrogens is 322 g/mol. The van der Waals surface area contributed by atoms with E-state index in [2.05, 4.69) is 33.6 Å². The molecule has 26 heavy (non-hydrogen) atoms. The molecule has 0 aromatic carbocycles. The number of aromatic nitrogens is 2. The summed E-state index contributed by atoms with van der Waals surface area (Å²) in [6, 6.07) is 8.00. The van der Waals surface area contributed by atoms with Gasteiger partial charge >= 0.3 is 0 Å². The third kappa shape index (κ3) is 5.15. The molecular formula is C21H27N5. The Labute approximate surface area is 155 Å². The van der Waals surface area contributed by atoms with Crippen molar-refractivity contribution >= 4 is 22.8 Å². The average molecular weight is 349 g/mol. The van der Waals surface area contributed by atoms with E-state index in [-0.39, 0.29) is 0 Å². The van der Waals surface area contributed by atoms with Gasteiger partial charge in [-0.15, -0.1) is 0 Å². The molecule has 1 aliphatic carbocycles. The summed E-state index contributed by atoms with van der Waals surface area (Å²) in [5, 5.41) is 14.8. The highest BCUT2D eigenvalue weighted by atomic mass is 15.0. The molecule has 1 aliphatic rings. The molecule has 2 heterocycles. The lowest BCUT2D eigenvalue weighted by atomic mass is 10.1. The number of nitrogens with one attached hydrogen (secondary N) is 3. The molecule has 136 valence electrons. The fourth-order valence-electron chi connectivity index (χ4n) is 2.75. The van der Waals surface area contributed by atoms with Crippen LogP contribution in [-0.2, 0) is 6.42 Å². The van der Waals surface area contributed by atoms with E-state index in [1.54, 1.807) is 6.92 Å². The number of nitrogens with zero attached hydrogens (tertiary/aromatic N) is 2. The molecule has 0 radical (unpaired) electrons. The summed E-state index contributed by atoms with van der Waals surface area (Å²) in [5.41, 5.74) is 4.33. The number of anilines is 2. The van der Waals surface area contributed by atoms with E-state index in [1.165, 1.54) is 12.8 Å². The minimum Gasteiger partial charge on any atom is -0.370 e. The first kappa shape index (κ1) is 18.1. The molecule has 3 rings (SSSR count). The summed E-state index contributed by atoms with van der Waals surface area (Å²) in [7, 11) is 0. The van der Waals surface area contributed by atoms with Gasteiger partial charge in [-0.3, -0.25) is 4.98 Å². The van der Waals surface area contributed by atoms with Crippen molar-refractivity contribution in [2.75, 3.05) is 17.2 Å². The zero-order chi connectivity index (χ0) is 18.4. The number of pyridine rings is 2. The predicted octanol–water partition coefficient (Wildman–Crippen LogP) is 4.74. The van der Waals surface area contributed by atoms with Crippen molar-refractivity contribution in [1.82, 2.24) is 9.97 Å². The summed E-state index contributed by atoms with van der Waals surface area (Å²) < 4.78 is 0. The van der Waals surface area contributed by atoms with E-state index in [0.717, 1.165) is 53.6 Å². The van der Waals surface area contributed by atoms with E-state index in [0.29, 0.717) is 5.71 Å². The highest BCUT2D eigenvalue weighted by Crippen LogP contribution is 2.28. The molecule has 0 aliphatic heterocycles. The van der Waals surface area contributed by atoms with Gasteiger partial charge in [0.25, 0.3) is 0 Å². The normalized spacial score (nSPS) is 14.2. The second kappa shape index (κ2) is 8.61. The van der Waals surface area contributed by atoms with E-state index in [1.807, 2.05) is 36.8 Å². The first-order valence-corrected chi connectivity index (χ1v) is 9.33. The van der Waals surface area contributed by atoms with E-state index in [4.69, 9.17) is 5.41 Å². The topological polar surface area (TPSA) is 73.7 Å². The first-order chi connectivity index (χ1) is 12.7. The lowest BCUT2D eigenvalue weighted by Crippen LogP contribution is -2.05. The van der Waals surface area contributed by atoms with Gasteiger partial charge in [0.15, 0.2) is 0 Å². The van der Waals surface area contributed by atoms with Crippen LogP contribution in [-0.4, -0.2) is 22.2 Å². The third-order valence-corrected chi connectivity index (χ3v) is 4.45. The third-order valence-electron chi connectivity index (χ3n) is 4.45. The van der Waals surface area contributed by atoms with Gasteiger partial charge in [0.05, 0.1) is 0 Å². The van der Waals surface area contributed by atoms with Crippen molar-refractivity contribution in [3.05, 3.63) is 54.1 Å². The van der Waals surface area contributed by atoms with Crippen molar-refractivity contribution in [3.63, 3.8) is 0 Å². The number of allylic oxidation sites excluding steroid dienone is 1. The molecule has 0 spiro atoms.